The van der Waals surface area contributed by atoms with Gasteiger partial charge in [0, 0.05) is 0 Å². The molecule has 1 fully saturated rings. The number of hydrogen-bond donors (Lipinski definition) is 2. The van der Waals surface area contributed by atoms with Crippen LogP contribution in [0.25, 0.3) is 0 Å². The van der Waals surface area contributed by atoms with E-state index in [4.69, 9.17) is 4.74 Å². The number of hydrogen-bond acceptors (Lipinski definition) is 4. The van der Waals surface area contributed by atoms with Gasteiger partial charge in [0.1, 0.15) is 6.04 Å². The molecule has 0 radical (unpaired) electrons. The highest BCUT2D eigenvalue weighted by Gasteiger charge is 2.40. The predicted octanol–water partition coefficient (Wildman–Crippen LogP) is 1.22. The third-order valence-electron chi connectivity index (χ3n) is 3.78. The normalized spacial score (nSPS) is 24.3. The molecule has 2 unspecified atom stereocenters. The van der Waals surface area contributed by atoms with Gasteiger partial charge in [0.2, 0.25) is 5.91 Å². The zero-order chi connectivity index (χ0) is 14.5. The van der Waals surface area contributed by atoms with E-state index in [1.54, 1.807) is 0 Å². The van der Waals surface area contributed by atoms with E-state index < -0.39 is 11.6 Å². The van der Waals surface area contributed by atoms with Crippen LogP contribution >= 0.6 is 0 Å². The predicted molar refractivity (Wildman–Crippen MR) is 73.7 cm³/mol. The zero-order valence-corrected chi connectivity index (χ0v) is 12.4. The third-order valence-corrected chi connectivity index (χ3v) is 3.78. The van der Waals surface area contributed by atoms with Crippen LogP contribution in [0.3, 0.4) is 0 Å². The Morgan fingerprint density at radius 2 is 2.11 bits per heavy atom. The van der Waals surface area contributed by atoms with Crippen molar-refractivity contribution >= 4 is 11.9 Å². The summed E-state index contributed by atoms with van der Waals surface area (Å²) >= 11 is 0. The largest absolute Gasteiger partial charge is 0.467 e. The Kier molecular flexibility index (Phi) is 5.79. The van der Waals surface area contributed by atoms with Crippen LogP contribution in [-0.4, -0.2) is 37.1 Å². The van der Waals surface area contributed by atoms with Gasteiger partial charge in [0.15, 0.2) is 0 Å². The molecular weight excluding hydrogens is 244 g/mol. The summed E-state index contributed by atoms with van der Waals surface area (Å²) < 4.78 is 4.77. The highest BCUT2D eigenvalue weighted by Crippen LogP contribution is 2.23. The molecule has 0 spiro atoms. The van der Waals surface area contributed by atoms with Crippen molar-refractivity contribution < 1.29 is 14.3 Å². The number of ether oxygens (including phenoxy) is 1. The molecule has 0 saturated carbocycles. The van der Waals surface area contributed by atoms with E-state index in [2.05, 4.69) is 10.6 Å². The molecule has 1 amide bonds. The first-order valence-corrected chi connectivity index (χ1v) is 7.09. The van der Waals surface area contributed by atoms with Crippen molar-refractivity contribution in [2.45, 2.75) is 58.0 Å². The van der Waals surface area contributed by atoms with Gasteiger partial charge < -0.3 is 15.4 Å². The summed E-state index contributed by atoms with van der Waals surface area (Å²) in [4.78, 5) is 24.2. The number of rotatable bonds is 6. The van der Waals surface area contributed by atoms with Gasteiger partial charge in [-0.15, -0.1) is 0 Å². The molecule has 1 aliphatic heterocycles. The van der Waals surface area contributed by atoms with Crippen molar-refractivity contribution in [3.8, 4) is 0 Å². The molecule has 0 aromatic carbocycles. The molecule has 0 aliphatic carbocycles. The van der Waals surface area contributed by atoms with E-state index in [1.807, 2.05) is 20.8 Å². The maximum Gasteiger partial charge on any atom is 0.328 e. The number of nitrogens with one attached hydrogen (secondary N) is 2. The SMILES string of the molecule is CCC1(C(=O)NC(CC(C)C)C(=O)OC)CCCN1. The molecule has 0 aromatic rings. The van der Waals surface area contributed by atoms with E-state index in [9.17, 15) is 9.59 Å². The summed E-state index contributed by atoms with van der Waals surface area (Å²) in [5, 5.41) is 6.13. The van der Waals surface area contributed by atoms with E-state index in [-0.39, 0.29) is 11.9 Å². The van der Waals surface area contributed by atoms with Gasteiger partial charge >= 0.3 is 5.97 Å². The lowest BCUT2D eigenvalue weighted by Crippen LogP contribution is -2.57. The van der Waals surface area contributed by atoms with Crippen molar-refractivity contribution in [3.63, 3.8) is 0 Å². The third kappa shape index (κ3) is 3.93. The van der Waals surface area contributed by atoms with Crippen LogP contribution in [0, 0.1) is 5.92 Å². The maximum absolute atomic E-state index is 12.4. The summed E-state index contributed by atoms with van der Waals surface area (Å²) in [6, 6.07) is -0.552. The molecule has 1 heterocycles. The quantitative estimate of drug-likeness (QED) is 0.712. The average Bonchev–Trinajstić information content (AvgIpc) is 2.86. The molecule has 2 N–H and O–H groups in total. The molecule has 110 valence electrons. The summed E-state index contributed by atoms with van der Waals surface area (Å²) in [5.74, 6) is -0.131. The van der Waals surface area contributed by atoms with Crippen LogP contribution in [-0.2, 0) is 14.3 Å². The number of methoxy groups -OCH3 is 1. The van der Waals surface area contributed by atoms with Crippen LogP contribution in [0.4, 0.5) is 0 Å². The second-order valence-corrected chi connectivity index (χ2v) is 5.64. The minimum atomic E-state index is -0.552. The Morgan fingerprint density at radius 3 is 2.53 bits per heavy atom. The van der Waals surface area contributed by atoms with Crippen molar-refractivity contribution in [2.75, 3.05) is 13.7 Å². The molecule has 5 nitrogen and oxygen atoms in total. The number of amides is 1. The topological polar surface area (TPSA) is 67.4 Å². The van der Waals surface area contributed by atoms with Crippen LogP contribution in [0.5, 0.6) is 0 Å². The maximum atomic E-state index is 12.4. The molecule has 5 heteroatoms. The lowest BCUT2D eigenvalue weighted by atomic mass is 9.92. The fraction of sp³-hybridized carbons (Fsp3) is 0.857. The van der Waals surface area contributed by atoms with E-state index in [0.717, 1.165) is 25.8 Å². The van der Waals surface area contributed by atoms with Crippen LogP contribution in [0.1, 0.15) is 46.5 Å². The Bertz CT molecular complexity index is 323. The molecule has 1 aliphatic rings. The first kappa shape index (κ1) is 16.0. The minimum Gasteiger partial charge on any atom is -0.467 e. The number of esters is 1. The van der Waals surface area contributed by atoms with Gasteiger partial charge in [-0.1, -0.05) is 20.8 Å². The van der Waals surface area contributed by atoms with Gasteiger partial charge in [-0.3, -0.25) is 4.79 Å². The van der Waals surface area contributed by atoms with Crippen LogP contribution in [0.2, 0.25) is 0 Å². The first-order chi connectivity index (χ1) is 8.95. The van der Waals surface area contributed by atoms with Crippen molar-refractivity contribution in [2.24, 2.45) is 5.92 Å². The molecule has 19 heavy (non-hydrogen) atoms. The average molecular weight is 270 g/mol. The Labute approximate surface area is 115 Å². The number of carbonyl (C=O) groups is 2. The van der Waals surface area contributed by atoms with E-state index in [0.29, 0.717) is 12.3 Å². The highest BCUT2D eigenvalue weighted by atomic mass is 16.5. The van der Waals surface area contributed by atoms with Gasteiger partial charge in [-0.05, 0) is 38.1 Å². The Morgan fingerprint density at radius 1 is 1.42 bits per heavy atom. The second kappa shape index (κ2) is 6.89. The summed E-state index contributed by atoms with van der Waals surface area (Å²) in [6.45, 7) is 6.89. The highest BCUT2D eigenvalue weighted by molar-refractivity contribution is 5.90. The summed E-state index contributed by atoms with van der Waals surface area (Å²) in [7, 11) is 1.35. The molecular formula is C14H26N2O3. The Hall–Kier alpha value is -1.10. The van der Waals surface area contributed by atoms with Gasteiger partial charge in [-0.2, -0.15) is 0 Å². The van der Waals surface area contributed by atoms with Gasteiger partial charge in [-0.25, -0.2) is 4.79 Å². The zero-order valence-electron chi connectivity index (χ0n) is 12.4. The lowest BCUT2D eigenvalue weighted by Gasteiger charge is -2.29. The minimum absolute atomic E-state index is 0.0800. The summed E-state index contributed by atoms with van der Waals surface area (Å²) in [6.07, 6.45) is 3.14. The smallest absolute Gasteiger partial charge is 0.328 e. The Balaban J connectivity index is 2.72. The van der Waals surface area contributed by atoms with Crippen molar-refractivity contribution in [1.82, 2.24) is 10.6 Å². The fourth-order valence-electron chi connectivity index (χ4n) is 2.59. The van der Waals surface area contributed by atoms with Gasteiger partial charge in [0.25, 0.3) is 0 Å². The molecule has 0 bridgehead atoms. The number of carbonyl (C=O) groups excluding carboxylic acids is 2. The fourth-order valence-corrected chi connectivity index (χ4v) is 2.59. The van der Waals surface area contributed by atoms with Gasteiger partial charge in [0.05, 0.1) is 12.6 Å². The summed E-state index contributed by atoms with van der Waals surface area (Å²) in [5.41, 5.74) is -0.511. The second-order valence-electron chi connectivity index (χ2n) is 5.64. The lowest BCUT2D eigenvalue weighted by molar-refractivity contribution is -0.146. The van der Waals surface area contributed by atoms with Crippen LogP contribution in [0.15, 0.2) is 0 Å². The van der Waals surface area contributed by atoms with E-state index >= 15 is 0 Å². The molecule has 0 aromatic heterocycles. The standard InChI is InChI=1S/C14H26N2O3/c1-5-14(7-6-8-15-14)13(18)16-11(9-10(2)3)12(17)19-4/h10-11,15H,5-9H2,1-4H3,(H,16,18). The molecule has 2 atom stereocenters. The van der Waals surface area contributed by atoms with E-state index in [1.165, 1.54) is 7.11 Å². The molecule has 1 rings (SSSR count). The van der Waals surface area contributed by atoms with Crippen molar-refractivity contribution in [3.05, 3.63) is 0 Å². The van der Waals surface area contributed by atoms with Crippen LogP contribution < -0.4 is 10.6 Å². The molecule has 1 saturated heterocycles. The van der Waals surface area contributed by atoms with Crippen molar-refractivity contribution in [1.29, 1.82) is 0 Å². The first-order valence-electron chi connectivity index (χ1n) is 7.09. The monoisotopic (exact) mass is 270 g/mol.